The first-order valence-corrected chi connectivity index (χ1v) is 13.2. The second-order valence-corrected chi connectivity index (χ2v) is 10.6. The van der Waals surface area contributed by atoms with E-state index < -0.39 is 24.6 Å². The van der Waals surface area contributed by atoms with Crippen molar-refractivity contribution < 1.29 is 24.4 Å². The SMILES string of the molecule is CCC(NC(=O)[C@H](CC1CCCCC1)N1CCC(NC(=O)c2ccc(N)cc2)(C(C)C)C1=O)B(O)O. The van der Waals surface area contributed by atoms with Crippen LogP contribution in [0.4, 0.5) is 5.69 Å². The molecule has 3 atom stereocenters. The first-order chi connectivity index (χ1) is 17.1. The summed E-state index contributed by atoms with van der Waals surface area (Å²) < 4.78 is 0. The third-order valence-corrected chi connectivity index (χ3v) is 7.97. The number of rotatable bonds is 10. The van der Waals surface area contributed by atoms with Crippen molar-refractivity contribution in [3.05, 3.63) is 29.8 Å². The number of carbonyl (C=O) groups is 3. The Morgan fingerprint density at radius 3 is 2.36 bits per heavy atom. The Hall–Kier alpha value is -2.59. The minimum absolute atomic E-state index is 0.200. The number of amides is 3. The largest absolute Gasteiger partial charge is 0.475 e. The van der Waals surface area contributed by atoms with Crippen LogP contribution in [0.15, 0.2) is 24.3 Å². The number of nitrogens with two attached hydrogens (primary N) is 1. The summed E-state index contributed by atoms with van der Waals surface area (Å²) in [6, 6.07) is 5.80. The Bertz CT molecular complexity index is 919. The molecule has 0 bridgehead atoms. The van der Waals surface area contributed by atoms with E-state index in [1.165, 1.54) is 6.42 Å². The molecule has 36 heavy (non-hydrogen) atoms. The smallest absolute Gasteiger partial charge is 0.426 e. The number of carbonyl (C=O) groups excluding carboxylic acids is 3. The lowest BCUT2D eigenvalue weighted by Crippen LogP contribution is -2.60. The topological polar surface area (TPSA) is 145 Å². The highest BCUT2D eigenvalue weighted by Gasteiger charge is 2.53. The van der Waals surface area contributed by atoms with Crippen molar-refractivity contribution in [1.29, 1.82) is 0 Å². The number of hydrogen-bond acceptors (Lipinski definition) is 6. The molecule has 10 heteroatoms. The van der Waals surface area contributed by atoms with Gasteiger partial charge in [-0.05, 0) is 55.4 Å². The van der Waals surface area contributed by atoms with Gasteiger partial charge in [-0.1, -0.05) is 52.9 Å². The zero-order valence-corrected chi connectivity index (χ0v) is 21.7. The molecule has 1 heterocycles. The van der Waals surface area contributed by atoms with Gasteiger partial charge in [0.2, 0.25) is 11.8 Å². The number of benzene rings is 1. The summed E-state index contributed by atoms with van der Waals surface area (Å²) in [6.07, 6.45) is 6.66. The molecule has 1 aromatic rings. The van der Waals surface area contributed by atoms with E-state index in [1.807, 2.05) is 13.8 Å². The number of likely N-dealkylation sites (tertiary alicyclic amines) is 1. The maximum atomic E-state index is 14.0. The van der Waals surface area contributed by atoms with Crippen LogP contribution < -0.4 is 16.4 Å². The van der Waals surface area contributed by atoms with Crippen LogP contribution in [0.1, 0.15) is 82.5 Å². The van der Waals surface area contributed by atoms with Crippen molar-refractivity contribution in [2.45, 2.75) is 89.7 Å². The molecule has 198 valence electrons. The molecule has 0 aromatic heterocycles. The summed E-state index contributed by atoms with van der Waals surface area (Å²) in [5.74, 6) is -1.70. The van der Waals surface area contributed by atoms with E-state index in [0.29, 0.717) is 43.0 Å². The fourth-order valence-corrected chi connectivity index (χ4v) is 5.54. The van der Waals surface area contributed by atoms with Crippen LogP contribution in [0.3, 0.4) is 0 Å². The summed E-state index contributed by atoms with van der Waals surface area (Å²) in [7, 11) is -1.68. The maximum Gasteiger partial charge on any atom is 0.475 e. The summed E-state index contributed by atoms with van der Waals surface area (Å²) in [5.41, 5.74) is 5.57. The Labute approximate surface area is 214 Å². The molecule has 0 spiro atoms. The molecule has 6 N–H and O–H groups in total. The van der Waals surface area contributed by atoms with Gasteiger partial charge in [-0.3, -0.25) is 14.4 Å². The quantitative estimate of drug-likeness (QED) is 0.245. The van der Waals surface area contributed by atoms with Gasteiger partial charge in [-0.15, -0.1) is 0 Å². The molecule has 1 aliphatic heterocycles. The number of hydrogen-bond donors (Lipinski definition) is 5. The van der Waals surface area contributed by atoms with Crippen LogP contribution in [0, 0.1) is 11.8 Å². The molecular formula is C26H41BN4O5. The van der Waals surface area contributed by atoms with Crippen molar-refractivity contribution in [3.8, 4) is 0 Å². The average molecular weight is 500 g/mol. The third kappa shape index (κ3) is 6.21. The van der Waals surface area contributed by atoms with Crippen molar-refractivity contribution in [3.63, 3.8) is 0 Å². The highest BCUT2D eigenvalue weighted by Crippen LogP contribution is 2.35. The van der Waals surface area contributed by atoms with Crippen LogP contribution in [-0.4, -0.2) is 63.9 Å². The van der Waals surface area contributed by atoms with Crippen molar-refractivity contribution >= 4 is 30.5 Å². The second-order valence-electron chi connectivity index (χ2n) is 10.6. The maximum absolute atomic E-state index is 14.0. The normalized spacial score (nSPS) is 22.4. The summed E-state index contributed by atoms with van der Waals surface area (Å²) in [4.78, 5) is 42.1. The Morgan fingerprint density at radius 2 is 1.81 bits per heavy atom. The molecule has 1 saturated heterocycles. The lowest BCUT2D eigenvalue weighted by molar-refractivity contribution is -0.142. The van der Waals surface area contributed by atoms with Gasteiger partial charge in [0, 0.05) is 17.8 Å². The highest BCUT2D eigenvalue weighted by molar-refractivity contribution is 6.43. The van der Waals surface area contributed by atoms with Crippen LogP contribution in [-0.2, 0) is 9.59 Å². The van der Waals surface area contributed by atoms with Crippen molar-refractivity contribution in [2.75, 3.05) is 12.3 Å². The first-order valence-electron chi connectivity index (χ1n) is 13.2. The molecular weight excluding hydrogens is 459 g/mol. The standard InChI is InChI=1S/C26H41BN4O5/c1-4-22(27(35)36)29-24(33)21(16-18-8-6-5-7-9-18)31-15-14-26(17(2)3,25(31)34)30-23(32)19-10-12-20(28)13-11-19/h10-13,17-18,21-22,35-36H,4-9,14-16,28H2,1-3H3,(H,29,33)(H,30,32)/t21-,22?,26?/m0/s1. The Balaban J connectivity index is 1.85. The molecule has 1 saturated carbocycles. The van der Waals surface area contributed by atoms with Crippen molar-refractivity contribution in [1.82, 2.24) is 15.5 Å². The molecule has 2 aliphatic rings. The van der Waals surface area contributed by atoms with Gasteiger partial charge in [-0.2, -0.15) is 0 Å². The molecule has 3 rings (SSSR count). The minimum Gasteiger partial charge on any atom is -0.426 e. The number of nitrogens with one attached hydrogen (secondary N) is 2. The van der Waals surface area contributed by atoms with E-state index in [-0.39, 0.29) is 23.6 Å². The van der Waals surface area contributed by atoms with E-state index in [0.717, 1.165) is 25.7 Å². The van der Waals surface area contributed by atoms with Crippen LogP contribution >= 0.6 is 0 Å². The lowest BCUT2D eigenvalue weighted by atomic mass is 9.77. The summed E-state index contributed by atoms with van der Waals surface area (Å²) >= 11 is 0. The van der Waals surface area contributed by atoms with E-state index in [1.54, 1.807) is 36.1 Å². The van der Waals surface area contributed by atoms with E-state index in [9.17, 15) is 24.4 Å². The van der Waals surface area contributed by atoms with Gasteiger partial charge in [0.1, 0.15) is 11.6 Å². The van der Waals surface area contributed by atoms with Gasteiger partial charge in [0.15, 0.2) is 0 Å². The average Bonchev–Trinajstić information content (AvgIpc) is 3.18. The molecule has 9 nitrogen and oxygen atoms in total. The van der Waals surface area contributed by atoms with Crippen LogP contribution in [0.2, 0.25) is 0 Å². The monoisotopic (exact) mass is 500 g/mol. The Kier molecular flexibility index (Phi) is 9.41. The molecule has 3 amide bonds. The van der Waals surface area contributed by atoms with E-state index in [4.69, 9.17) is 5.73 Å². The summed E-state index contributed by atoms with van der Waals surface area (Å²) in [6.45, 7) is 5.90. The van der Waals surface area contributed by atoms with Crippen LogP contribution in [0.25, 0.3) is 0 Å². The first kappa shape index (κ1) is 28.0. The molecule has 0 radical (unpaired) electrons. The van der Waals surface area contributed by atoms with Crippen LogP contribution in [0.5, 0.6) is 0 Å². The lowest BCUT2D eigenvalue weighted by Gasteiger charge is -2.36. The second kappa shape index (κ2) is 12.1. The van der Waals surface area contributed by atoms with Gasteiger partial charge in [0.05, 0.1) is 5.94 Å². The van der Waals surface area contributed by atoms with E-state index >= 15 is 0 Å². The van der Waals surface area contributed by atoms with Gasteiger partial charge in [-0.25, -0.2) is 0 Å². The minimum atomic E-state index is -1.68. The number of nitrogens with zero attached hydrogens (tertiary/aromatic N) is 1. The van der Waals surface area contributed by atoms with Crippen molar-refractivity contribution in [2.24, 2.45) is 11.8 Å². The zero-order chi connectivity index (χ0) is 26.5. The Morgan fingerprint density at radius 1 is 1.17 bits per heavy atom. The highest BCUT2D eigenvalue weighted by atomic mass is 16.4. The summed E-state index contributed by atoms with van der Waals surface area (Å²) in [5, 5.41) is 25.1. The van der Waals surface area contributed by atoms with Gasteiger partial charge >= 0.3 is 7.12 Å². The van der Waals surface area contributed by atoms with Gasteiger partial charge < -0.3 is 31.3 Å². The predicted octanol–water partition coefficient (Wildman–Crippen LogP) is 1.87. The molecule has 2 unspecified atom stereocenters. The van der Waals surface area contributed by atoms with E-state index in [2.05, 4.69) is 10.6 Å². The molecule has 1 aliphatic carbocycles. The predicted molar refractivity (Wildman–Crippen MR) is 140 cm³/mol. The zero-order valence-electron chi connectivity index (χ0n) is 21.7. The molecule has 1 aromatic carbocycles. The fraction of sp³-hybridized carbons (Fsp3) is 0.654. The molecule has 2 fully saturated rings. The fourth-order valence-electron chi connectivity index (χ4n) is 5.54. The third-order valence-electron chi connectivity index (χ3n) is 7.97. The number of anilines is 1. The van der Waals surface area contributed by atoms with Gasteiger partial charge in [0.25, 0.3) is 5.91 Å². The number of nitrogen functional groups attached to an aromatic ring is 1.